The van der Waals surface area contributed by atoms with Gasteiger partial charge in [-0.3, -0.25) is 27.9 Å². The van der Waals surface area contributed by atoms with Gasteiger partial charge in [0.15, 0.2) is 0 Å². The van der Waals surface area contributed by atoms with Crippen LogP contribution in [0.3, 0.4) is 0 Å². The van der Waals surface area contributed by atoms with Crippen molar-refractivity contribution in [3.8, 4) is 5.75 Å². The summed E-state index contributed by atoms with van der Waals surface area (Å²) in [5, 5.41) is 3.22. The average molecular weight is 526 g/mol. The first-order chi connectivity index (χ1) is 19.0. The fraction of sp³-hybridized carbons (Fsp3) is 0.207. The van der Waals surface area contributed by atoms with Crippen LogP contribution in [0, 0.1) is 0 Å². The molecule has 39 heavy (non-hydrogen) atoms. The van der Waals surface area contributed by atoms with E-state index in [1.165, 1.54) is 15.0 Å². The van der Waals surface area contributed by atoms with Crippen molar-refractivity contribution in [2.45, 2.75) is 32.5 Å². The standard InChI is InChI=1S/C29H27N5O5/c1-39-24-12-5-2-9-20(24)18-30-26(35)14-8-16-33-28(37)22-10-3-4-11-23(22)34(29(33)38)19-21-17-27(36)32-15-7-6-13-25(32)31-21/h2-7,9-13,15,17H,8,14,16,18-19H2,1H3,(H,30,35). The molecule has 3 aromatic heterocycles. The molecule has 0 saturated heterocycles. The summed E-state index contributed by atoms with van der Waals surface area (Å²) in [4.78, 5) is 56.3. The number of aromatic nitrogens is 4. The van der Waals surface area contributed by atoms with E-state index in [-0.39, 0.29) is 31.0 Å². The molecule has 10 nitrogen and oxygen atoms in total. The summed E-state index contributed by atoms with van der Waals surface area (Å²) in [5.41, 5.74) is 0.956. The summed E-state index contributed by atoms with van der Waals surface area (Å²) in [7, 11) is 1.57. The van der Waals surface area contributed by atoms with Gasteiger partial charge in [-0.05, 0) is 36.8 Å². The Hall–Kier alpha value is -4.99. The number of nitrogens with one attached hydrogen (secondary N) is 1. The zero-order chi connectivity index (χ0) is 27.4. The molecule has 1 amide bonds. The number of hydrogen-bond acceptors (Lipinski definition) is 6. The number of ether oxygens (including phenoxy) is 1. The normalized spacial score (nSPS) is 11.1. The number of amides is 1. The Bertz CT molecular complexity index is 1850. The van der Waals surface area contributed by atoms with E-state index < -0.39 is 11.2 Å². The van der Waals surface area contributed by atoms with Gasteiger partial charge in [0.2, 0.25) is 5.91 Å². The van der Waals surface area contributed by atoms with Crippen molar-refractivity contribution in [3.63, 3.8) is 0 Å². The van der Waals surface area contributed by atoms with Crippen molar-refractivity contribution in [2.24, 2.45) is 0 Å². The molecule has 1 N–H and O–H groups in total. The second-order valence-corrected chi connectivity index (χ2v) is 9.05. The van der Waals surface area contributed by atoms with Crippen LogP contribution in [0.25, 0.3) is 16.6 Å². The van der Waals surface area contributed by atoms with Crippen molar-refractivity contribution in [2.75, 3.05) is 7.11 Å². The van der Waals surface area contributed by atoms with Crippen LogP contribution in [0.15, 0.2) is 93.4 Å². The number of methoxy groups -OCH3 is 1. The van der Waals surface area contributed by atoms with Crippen LogP contribution in [-0.4, -0.2) is 31.5 Å². The van der Waals surface area contributed by atoms with E-state index in [0.717, 1.165) is 10.1 Å². The predicted molar refractivity (Wildman–Crippen MR) is 147 cm³/mol. The molecule has 0 unspecified atom stereocenters. The molecule has 5 rings (SSSR count). The Kier molecular flexibility index (Phi) is 7.35. The van der Waals surface area contributed by atoms with Gasteiger partial charge < -0.3 is 10.1 Å². The molecule has 0 saturated carbocycles. The van der Waals surface area contributed by atoms with Crippen molar-refractivity contribution in [1.29, 1.82) is 0 Å². The van der Waals surface area contributed by atoms with Gasteiger partial charge >= 0.3 is 5.69 Å². The lowest BCUT2D eigenvalue weighted by Crippen LogP contribution is -2.40. The van der Waals surface area contributed by atoms with Crippen LogP contribution in [0.4, 0.5) is 0 Å². The van der Waals surface area contributed by atoms with E-state index in [4.69, 9.17) is 4.74 Å². The van der Waals surface area contributed by atoms with Gasteiger partial charge in [-0.15, -0.1) is 0 Å². The van der Waals surface area contributed by atoms with Gasteiger partial charge in [0.05, 0.1) is 30.3 Å². The monoisotopic (exact) mass is 525 g/mol. The molecule has 0 aliphatic carbocycles. The number of rotatable bonds is 9. The number of pyridine rings is 1. The lowest BCUT2D eigenvalue weighted by atomic mass is 10.2. The minimum Gasteiger partial charge on any atom is -0.496 e. The van der Waals surface area contributed by atoms with E-state index >= 15 is 0 Å². The molecule has 0 aliphatic heterocycles. The minimum absolute atomic E-state index is 0.0135. The highest BCUT2D eigenvalue weighted by molar-refractivity contribution is 5.78. The first-order valence-electron chi connectivity index (χ1n) is 12.5. The molecule has 5 aromatic rings. The summed E-state index contributed by atoms with van der Waals surface area (Å²) in [6.07, 6.45) is 2.06. The smallest absolute Gasteiger partial charge is 0.331 e. The highest BCUT2D eigenvalue weighted by Crippen LogP contribution is 2.16. The Morgan fingerprint density at radius 1 is 0.949 bits per heavy atom. The Morgan fingerprint density at radius 2 is 1.72 bits per heavy atom. The molecule has 0 aliphatic rings. The minimum atomic E-state index is -0.525. The zero-order valence-corrected chi connectivity index (χ0v) is 21.4. The molecule has 0 spiro atoms. The van der Waals surface area contributed by atoms with Gasteiger partial charge in [-0.25, -0.2) is 9.78 Å². The molecule has 198 valence electrons. The lowest BCUT2D eigenvalue weighted by molar-refractivity contribution is -0.121. The second-order valence-electron chi connectivity index (χ2n) is 9.05. The molecule has 0 radical (unpaired) electrons. The fourth-order valence-corrected chi connectivity index (χ4v) is 4.60. The second kappa shape index (κ2) is 11.2. The maximum Gasteiger partial charge on any atom is 0.331 e. The van der Waals surface area contributed by atoms with Crippen LogP contribution in [0.5, 0.6) is 5.75 Å². The van der Waals surface area contributed by atoms with Gasteiger partial charge in [0.1, 0.15) is 11.4 Å². The third kappa shape index (κ3) is 5.35. The number of carbonyl (C=O) groups is 1. The number of carbonyl (C=O) groups excluding carboxylic acids is 1. The molecular formula is C29H27N5O5. The highest BCUT2D eigenvalue weighted by atomic mass is 16.5. The van der Waals surface area contributed by atoms with Crippen LogP contribution < -0.4 is 26.9 Å². The number of nitrogens with zero attached hydrogens (tertiary/aromatic N) is 4. The van der Waals surface area contributed by atoms with Crippen molar-refractivity contribution in [1.82, 2.24) is 23.8 Å². The maximum absolute atomic E-state index is 13.5. The molecule has 0 fully saturated rings. The predicted octanol–water partition coefficient (Wildman–Crippen LogP) is 2.32. The fourth-order valence-electron chi connectivity index (χ4n) is 4.60. The SMILES string of the molecule is COc1ccccc1CNC(=O)CCCn1c(=O)c2ccccc2n(Cc2cc(=O)n3ccccc3n2)c1=O. The van der Waals surface area contributed by atoms with Gasteiger partial charge in [0.25, 0.3) is 11.1 Å². The number of fused-ring (bicyclic) bond motifs is 2. The van der Waals surface area contributed by atoms with E-state index in [9.17, 15) is 19.2 Å². The summed E-state index contributed by atoms with van der Waals surface area (Å²) in [6, 6.07) is 20.9. The van der Waals surface area contributed by atoms with Crippen LogP contribution in [-0.2, 0) is 24.4 Å². The number of benzene rings is 2. The van der Waals surface area contributed by atoms with E-state index in [0.29, 0.717) is 41.0 Å². The molecular weight excluding hydrogens is 498 g/mol. The number of hydrogen-bond donors (Lipinski definition) is 1. The first kappa shape index (κ1) is 25.7. The summed E-state index contributed by atoms with van der Waals surface area (Å²) in [6.45, 7) is 0.391. The average Bonchev–Trinajstić information content (AvgIpc) is 2.96. The largest absolute Gasteiger partial charge is 0.496 e. The van der Waals surface area contributed by atoms with Crippen LogP contribution in [0.2, 0.25) is 0 Å². The van der Waals surface area contributed by atoms with E-state index in [2.05, 4.69) is 10.3 Å². The Morgan fingerprint density at radius 3 is 2.56 bits per heavy atom. The summed E-state index contributed by atoms with van der Waals surface area (Å²) < 4.78 is 9.32. The third-order valence-electron chi connectivity index (χ3n) is 6.53. The molecule has 0 atom stereocenters. The van der Waals surface area contributed by atoms with Crippen LogP contribution >= 0.6 is 0 Å². The van der Waals surface area contributed by atoms with Crippen molar-refractivity contribution in [3.05, 3.63) is 121 Å². The van der Waals surface area contributed by atoms with Gasteiger partial charge in [-0.1, -0.05) is 36.4 Å². The first-order valence-corrected chi connectivity index (χ1v) is 12.5. The topological polar surface area (TPSA) is 117 Å². The molecule has 2 aromatic carbocycles. The highest BCUT2D eigenvalue weighted by Gasteiger charge is 2.15. The third-order valence-corrected chi connectivity index (χ3v) is 6.53. The Balaban J connectivity index is 1.37. The maximum atomic E-state index is 13.5. The van der Waals surface area contributed by atoms with Crippen molar-refractivity contribution >= 4 is 22.5 Å². The summed E-state index contributed by atoms with van der Waals surface area (Å²) in [5.74, 6) is 0.487. The zero-order valence-electron chi connectivity index (χ0n) is 21.4. The van der Waals surface area contributed by atoms with E-state index in [1.54, 1.807) is 55.8 Å². The molecule has 10 heteroatoms. The summed E-state index contributed by atoms with van der Waals surface area (Å²) >= 11 is 0. The Labute approximate surface area is 222 Å². The van der Waals surface area contributed by atoms with E-state index in [1.807, 2.05) is 24.3 Å². The number of para-hydroxylation sites is 2. The van der Waals surface area contributed by atoms with Gasteiger partial charge in [-0.2, -0.15) is 0 Å². The molecule has 3 heterocycles. The van der Waals surface area contributed by atoms with Gasteiger partial charge in [0, 0.05) is 37.3 Å². The van der Waals surface area contributed by atoms with Crippen molar-refractivity contribution < 1.29 is 9.53 Å². The lowest BCUT2D eigenvalue weighted by Gasteiger charge is -2.14. The quantitative estimate of drug-likeness (QED) is 0.316. The van der Waals surface area contributed by atoms with Crippen LogP contribution in [0.1, 0.15) is 24.1 Å². The molecule has 0 bridgehead atoms.